The van der Waals surface area contributed by atoms with Crippen LogP contribution in [0.4, 0.5) is 0 Å². The van der Waals surface area contributed by atoms with Crippen LogP contribution in [0.2, 0.25) is 4.34 Å². The van der Waals surface area contributed by atoms with Crippen LogP contribution in [0.3, 0.4) is 0 Å². The molecular formula is C10H12ClN3S. The largest absolute Gasteiger partial charge is 0.332 e. The molecule has 2 aromatic rings. The predicted molar refractivity (Wildman–Crippen MR) is 63.4 cm³/mol. The Balaban J connectivity index is 2.04. The van der Waals surface area contributed by atoms with Gasteiger partial charge in [-0.1, -0.05) is 11.6 Å². The maximum atomic E-state index is 5.86. The molecule has 0 saturated heterocycles. The van der Waals surface area contributed by atoms with E-state index in [0.717, 1.165) is 23.0 Å². The quantitative estimate of drug-likeness (QED) is 0.892. The van der Waals surface area contributed by atoms with Gasteiger partial charge in [0.25, 0.3) is 0 Å². The minimum Gasteiger partial charge on any atom is -0.332 e. The van der Waals surface area contributed by atoms with Gasteiger partial charge in [-0.15, -0.1) is 11.3 Å². The second-order valence-corrected chi connectivity index (χ2v) is 5.08. The number of hydrogen-bond acceptors (Lipinski definition) is 3. The first-order valence-electron chi connectivity index (χ1n) is 4.73. The van der Waals surface area contributed by atoms with E-state index in [9.17, 15) is 0 Å². The molecule has 0 aliphatic carbocycles. The minimum atomic E-state index is 0.641. The number of thiophene rings is 1. The molecule has 2 heterocycles. The van der Waals surface area contributed by atoms with Crippen molar-refractivity contribution in [2.24, 2.45) is 5.73 Å². The number of halogens is 1. The Kier molecular flexibility index (Phi) is 3.41. The van der Waals surface area contributed by atoms with Crippen LogP contribution >= 0.6 is 22.9 Å². The number of nitrogens with two attached hydrogens (primary N) is 1. The molecule has 3 nitrogen and oxygen atoms in total. The summed E-state index contributed by atoms with van der Waals surface area (Å²) in [4.78, 5) is 5.50. The van der Waals surface area contributed by atoms with E-state index >= 15 is 0 Å². The van der Waals surface area contributed by atoms with Gasteiger partial charge in [0, 0.05) is 17.5 Å². The highest BCUT2D eigenvalue weighted by molar-refractivity contribution is 7.16. The molecule has 80 valence electrons. The lowest BCUT2D eigenvalue weighted by Gasteiger charge is -1.97. The molecule has 0 unspecified atom stereocenters. The number of hydrogen-bond donors (Lipinski definition) is 1. The third-order valence-corrected chi connectivity index (χ3v) is 3.27. The van der Waals surface area contributed by atoms with E-state index < -0.39 is 0 Å². The zero-order chi connectivity index (χ0) is 10.7. The van der Waals surface area contributed by atoms with E-state index in [4.69, 9.17) is 17.3 Å². The van der Waals surface area contributed by atoms with Gasteiger partial charge in [0.15, 0.2) is 0 Å². The van der Waals surface area contributed by atoms with E-state index in [1.807, 2.05) is 29.2 Å². The summed E-state index contributed by atoms with van der Waals surface area (Å²) in [6.45, 7) is 1.47. The van der Waals surface area contributed by atoms with Gasteiger partial charge in [-0.3, -0.25) is 0 Å². The summed E-state index contributed by atoms with van der Waals surface area (Å²) in [5.74, 6) is 0. The van der Waals surface area contributed by atoms with Crippen LogP contribution in [0.1, 0.15) is 10.6 Å². The van der Waals surface area contributed by atoms with Crippen LogP contribution in [0.25, 0.3) is 0 Å². The van der Waals surface area contributed by atoms with Crippen LogP contribution in [0.5, 0.6) is 0 Å². The van der Waals surface area contributed by atoms with Crippen molar-refractivity contribution in [2.75, 3.05) is 6.54 Å². The standard InChI is InChI=1S/C10H12ClN3S/c11-10-2-1-9(15-10)6-14-5-8(3-4-12)13-7-14/h1-2,5,7H,3-4,6,12H2. The molecular weight excluding hydrogens is 230 g/mol. The normalized spacial score (nSPS) is 10.8. The zero-order valence-corrected chi connectivity index (χ0v) is 9.76. The van der Waals surface area contributed by atoms with Gasteiger partial charge in [-0.2, -0.15) is 0 Å². The van der Waals surface area contributed by atoms with Crippen molar-refractivity contribution in [1.29, 1.82) is 0 Å². The summed E-state index contributed by atoms with van der Waals surface area (Å²) in [7, 11) is 0. The Bertz CT molecular complexity index is 435. The SMILES string of the molecule is NCCc1cn(Cc2ccc(Cl)s2)cn1. The first-order chi connectivity index (χ1) is 7.28. The van der Waals surface area contributed by atoms with Crippen molar-refractivity contribution in [3.8, 4) is 0 Å². The fraction of sp³-hybridized carbons (Fsp3) is 0.300. The molecule has 0 fully saturated rings. The molecule has 0 saturated carbocycles. The molecule has 0 aliphatic heterocycles. The van der Waals surface area contributed by atoms with Crippen molar-refractivity contribution in [3.63, 3.8) is 0 Å². The van der Waals surface area contributed by atoms with Crippen LogP contribution in [0, 0.1) is 0 Å². The summed E-state index contributed by atoms with van der Waals surface area (Å²) in [6.07, 6.45) is 4.69. The second-order valence-electron chi connectivity index (χ2n) is 3.28. The van der Waals surface area contributed by atoms with Gasteiger partial charge in [0.2, 0.25) is 0 Å². The molecule has 0 aromatic carbocycles. The molecule has 0 spiro atoms. The number of aromatic nitrogens is 2. The highest BCUT2D eigenvalue weighted by Gasteiger charge is 2.01. The summed E-state index contributed by atoms with van der Waals surface area (Å²) in [5.41, 5.74) is 6.50. The first kappa shape index (κ1) is 10.7. The lowest BCUT2D eigenvalue weighted by molar-refractivity contribution is 0.808. The van der Waals surface area contributed by atoms with Crippen molar-refractivity contribution >= 4 is 22.9 Å². The zero-order valence-electron chi connectivity index (χ0n) is 8.19. The summed E-state index contributed by atoms with van der Waals surface area (Å²) < 4.78 is 2.87. The fourth-order valence-corrected chi connectivity index (χ4v) is 2.48. The van der Waals surface area contributed by atoms with Gasteiger partial charge in [-0.05, 0) is 18.7 Å². The maximum Gasteiger partial charge on any atom is 0.0952 e. The molecule has 0 atom stereocenters. The Morgan fingerprint density at radius 2 is 2.33 bits per heavy atom. The Morgan fingerprint density at radius 3 is 3.00 bits per heavy atom. The van der Waals surface area contributed by atoms with Crippen LogP contribution in [0.15, 0.2) is 24.7 Å². The number of nitrogens with zero attached hydrogens (tertiary/aromatic N) is 2. The lowest BCUT2D eigenvalue weighted by atomic mass is 10.3. The fourth-order valence-electron chi connectivity index (χ4n) is 1.39. The van der Waals surface area contributed by atoms with E-state index in [1.165, 1.54) is 4.88 Å². The molecule has 0 aliphatic rings. The highest BCUT2D eigenvalue weighted by atomic mass is 35.5. The molecule has 0 radical (unpaired) electrons. The lowest BCUT2D eigenvalue weighted by Crippen LogP contribution is -2.02. The van der Waals surface area contributed by atoms with E-state index in [-0.39, 0.29) is 0 Å². The molecule has 5 heteroatoms. The second kappa shape index (κ2) is 4.79. The number of rotatable bonds is 4. The average molecular weight is 242 g/mol. The van der Waals surface area contributed by atoms with Gasteiger partial charge in [0.1, 0.15) is 0 Å². The maximum absolute atomic E-state index is 5.86. The topological polar surface area (TPSA) is 43.8 Å². The van der Waals surface area contributed by atoms with Crippen molar-refractivity contribution in [1.82, 2.24) is 9.55 Å². The van der Waals surface area contributed by atoms with Gasteiger partial charge in [0.05, 0.1) is 22.9 Å². The molecule has 0 amide bonds. The molecule has 2 N–H and O–H groups in total. The number of imidazole rings is 1. The van der Waals surface area contributed by atoms with Crippen LogP contribution < -0.4 is 5.73 Å². The summed E-state index contributed by atoms with van der Waals surface area (Å²) >= 11 is 7.46. The van der Waals surface area contributed by atoms with Crippen molar-refractivity contribution < 1.29 is 0 Å². The summed E-state index contributed by atoms with van der Waals surface area (Å²) in [6, 6.07) is 3.95. The minimum absolute atomic E-state index is 0.641. The predicted octanol–water partition coefficient (Wildman–Crippen LogP) is 2.15. The van der Waals surface area contributed by atoms with E-state index in [0.29, 0.717) is 6.54 Å². The third kappa shape index (κ3) is 2.81. The van der Waals surface area contributed by atoms with E-state index in [2.05, 4.69) is 4.98 Å². The van der Waals surface area contributed by atoms with Gasteiger partial charge < -0.3 is 10.3 Å². The van der Waals surface area contributed by atoms with Gasteiger partial charge in [-0.25, -0.2) is 4.98 Å². The Hall–Kier alpha value is -0.840. The summed E-state index contributed by atoms with van der Waals surface area (Å²) in [5, 5.41) is 0. The Labute approximate surface area is 97.5 Å². The molecule has 0 bridgehead atoms. The van der Waals surface area contributed by atoms with Crippen molar-refractivity contribution in [2.45, 2.75) is 13.0 Å². The smallest absolute Gasteiger partial charge is 0.0952 e. The first-order valence-corrected chi connectivity index (χ1v) is 5.92. The molecule has 2 rings (SSSR count). The van der Waals surface area contributed by atoms with Crippen LogP contribution in [-0.4, -0.2) is 16.1 Å². The Morgan fingerprint density at radius 1 is 1.47 bits per heavy atom. The van der Waals surface area contributed by atoms with Gasteiger partial charge >= 0.3 is 0 Å². The monoisotopic (exact) mass is 241 g/mol. The highest BCUT2D eigenvalue weighted by Crippen LogP contribution is 2.22. The van der Waals surface area contributed by atoms with Crippen LogP contribution in [-0.2, 0) is 13.0 Å². The molecule has 2 aromatic heterocycles. The third-order valence-electron chi connectivity index (χ3n) is 2.05. The molecule has 15 heavy (non-hydrogen) atoms. The van der Waals surface area contributed by atoms with E-state index in [1.54, 1.807) is 11.3 Å². The average Bonchev–Trinajstić information content (AvgIpc) is 2.78. The van der Waals surface area contributed by atoms with Crippen molar-refractivity contribution in [3.05, 3.63) is 39.6 Å².